The van der Waals surface area contributed by atoms with Gasteiger partial charge < -0.3 is 10.1 Å². The molecule has 0 amide bonds. The molecule has 0 saturated carbocycles. The van der Waals surface area contributed by atoms with Gasteiger partial charge in [0.15, 0.2) is 0 Å². The Morgan fingerprint density at radius 1 is 1.03 bits per heavy atom. The molecule has 0 spiro atoms. The number of nitrogens with one attached hydrogen (secondary N) is 1. The summed E-state index contributed by atoms with van der Waals surface area (Å²) in [6, 6.07) is 20.0. The van der Waals surface area contributed by atoms with Crippen LogP contribution >= 0.6 is 0 Å². The molecule has 0 bridgehead atoms. The molecule has 3 rings (SSSR count). The normalized spacial score (nSPS) is 13.8. The number of hydrogen-bond donors (Lipinski definition) is 2. The van der Waals surface area contributed by atoms with Crippen LogP contribution in [0, 0.1) is 6.92 Å². The molecule has 0 heterocycles. The Morgan fingerprint density at radius 2 is 1.78 bits per heavy atom. The zero-order valence-electron chi connectivity index (χ0n) is 19.0. The van der Waals surface area contributed by atoms with Crippen LogP contribution in [0.5, 0.6) is 5.75 Å². The van der Waals surface area contributed by atoms with Crippen LogP contribution in [0.2, 0.25) is 0 Å². The molecule has 0 aliphatic carbocycles. The van der Waals surface area contributed by atoms with E-state index < -0.39 is 22.0 Å². The average Bonchev–Trinajstić information content (AvgIpc) is 2.75. The number of fused-ring (bicyclic) bond motifs is 1. The predicted molar refractivity (Wildman–Crippen MR) is 131 cm³/mol. The minimum absolute atomic E-state index is 0.114. The molecule has 0 fully saturated rings. The van der Waals surface area contributed by atoms with Crippen LogP contribution in [0.15, 0.2) is 60.7 Å². The molecule has 3 aromatic carbocycles. The van der Waals surface area contributed by atoms with Crippen LogP contribution in [-0.2, 0) is 16.5 Å². The van der Waals surface area contributed by atoms with Gasteiger partial charge in [-0.05, 0) is 49.4 Å². The topological polar surface area (TPSA) is 75.6 Å². The van der Waals surface area contributed by atoms with Gasteiger partial charge in [-0.25, -0.2) is 0 Å². The van der Waals surface area contributed by atoms with Gasteiger partial charge in [-0.1, -0.05) is 73.5 Å². The Morgan fingerprint density at radius 3 is 2.44 bits per heavy atom. The maximum atomic E-state index is 11.8. The molecule has 0 aromatic heterocycles. The molecule has 2 unspecified atom stereocenters. The van der Waals surface area contributed by atoms with Gasteiger partial charge in [0, 0.05) is 17.8 Å². The minimum atomic E-state index is -4.21. The monoisotopic (exact) mass is 455 g/mol. The quantitative estimate of drug-likeness (QED) is 0.375. The van der Waals surface area contributed by atoms with Crippen LogP contribution in [0.1, 0.15) is 48.9 Å². The summed E-state index contributed by atoms with van der Waals surface area (Å²) in [5.74, 6) is 0.164. The molecule has 0 saturated heterocycles. The van der Waals surface area contributed by atoms with Crippen LogP contribution < -0.4 is 10.1 Å². The van der Waals surface area contributed by atoms with Crippen molar-refractivity contribution in [2.24, 2.45) is 0 Å². The number of ether oxygens (including phenoxy) is 1. The number of aryl methyl sites for hydroxylation is 2. The third-order valence-electron chi connectivity index (χ3n) is 5.76. The van der Waals surface area contributed by atoms with Crippen molar-refractivity contribution in [3.05, 3.63) is 77.4 Å². The number of benzene rings is 3. The van der Waals surface area contributed by atoms with Crippen molar-refractivity contribution in [3.63, 3.8) is 0 Å². The highest BCUT2D eigenvalue weighted by Crippen LogP contribution is 2.32. The summed E-state index contributed by atoms with van der Waals surface area (Å²) < 4.78 is 39.4. The van der Waals surface area contributed by atoms with E-state index in [0.29, 0.717) is 12.2 Å². The van der Waals surface area contributed by atoms with Crippen LogP contribution in [-0.4, -0.2) is 31.9 Å². The Kier molecular flexibility index (Phi) is 8.29. The SMILES string of the molecule is CCCCc1ccc(OC(CC(NC)c2cccc(C)c2)CS(=O)(=O)O)c2ccccc12. The zero-order valence-corrected chi connectivity index (χ0v) is 19.9. The third kappa shape index (κ3) is 6.55. The van der Waals surface area contributed by atoms with Crippen LogP contribution in [0.25, 0.3) is 10.8 Å². The number of unbranched alkanes of at least 4 members (excludes halogenated alkanes) is 1. The summed E-state index contributed by atoms with van der Waals surface area (Å²) in [7, 11) is -2.37. The van der Waals surface area contributed by atoms with Crippen LogP contribution in [0.3, 0.4) is 0 Å². The Bertz CT molecular complexity index is 1140. The lowest BCUT2D eigenvalue weighted by atomic mass is 9.98. The summed E-state index contributed by atoms with van der Waals surface area (Å²) >= 11 is 0. The van der Waals surface area contributed by atoms with Gasteiger partial charge in [-0.3, -0.25) is 4.55 Å². The van der Waals surface area contributed by atoms with E-state index in [9.17, 15) is 13.0 Å². The molecule has 6 heteroatoms. The summed E-state index contributed by atoms with van der Waals surface area (Å²) in [5, 5.41) is 5.34. The van der Waals surface area contributed by atoms with E-state index in [-0.39, 0.29) is 6.04 Å². The fraction of sp³-hybridized carbons (Fsp3) is 0.385. The largest absolute Gasteiger partial charge is 0.489 e. The highest BCUT2D eigenvalue weighted by molar-refractivity contribution is 7.85. The van der Waals surface area contributed by atoms with Crippen LogP contribution in [0.4, 0.5) is 0 Å². The average molecular weight is 456 g/mol. The molecule has 5 nitrogen and oxygen atoms in total. The van der Waals surface area contributed by atoms with Gasteiger partial charge in [-0.2, -0.15) is 8.42 Å². The first kappa shape index (κ1) is 24.2. The molecular weight excluding hydrogens is 422 g/mol. The first-order chi connectivity index (χ1) is 15.3. The molecule has 0 aliphatic heterocycles. The zero-order chi connectivity index (χ0) is 23.1. The van der Waals surface area contributed by atoms with Crippen molar-refractivity contribution in [2.45, 2.75) is 51.7 Å². The molecule has 2 N–H and O–H groups in total. The van der Waals surface area contributed by atoms with Gasteiger partial charge in [0.25, 0.3) is 10.1 Å². The second-order valence-corrected chi connectivity index (χ2v) is 9.85. The summed E-state index contributed by atoms with van der Waals surface area (Å²) in [5.41, 5.74) is 3.44. The lowest BCUT2D eigenvalue weighted by Crippen LogP contribution is -2.32. The van der Waals surface area contributed by atoms with E-state index in [1.165, 1.54) is 5.56 Å². The molecular formula is C26H33NO4S. The smallest absolute Gasteiger partial charge is 0.268 e. The maximum absolute atomic E-state index is 11.8. The second-order valence-electron chi connectivity index (χ2n) is 8.35. The van der Waals surface area contributed by atoms with E-state index in [1.54, 1.807) is 0 Å². The number of rotatable bonds is 11. The summed E-state index contributed by atoms with van der Waals surface area (Å²) in [6.07, 6.45) is 2.89. The fourth-order valence-electron chi connectivity index (χ4n) is 4.16. The lowest BCUT2D eigenvalue weighted by Gasteiger charge is -2.25. The van der Waals surface area contributed by atoms with Gasteiger partial charge in [0.05, 0.1) is 0 Å². The van der Waals surface area contributed by atoms with Crippen molar-refractivity contribution in [3.8, 4) is 5.75 Å². The lowest BCUT2D eigenvalue weighted by molar-refractivity contribution is 0.197. The Hall–Kier alpha value is -2.41. The predicted octanol–water partition coefficient (Wildman–Crippen LogP) is 5.48. The molecule has 3 aromatic rings. The summed E-state index contributed by atoms with van der Waals surface area (Å²) in [4.78, 5) is 0. The molecule has 2 atom stereocenters. The molecule has 172 valence electrons. The Balaban J connectivity index is 1.93. The third-order valence-corrected chi connectivity index (χ3v) is 6.55. The van der Waals surface area contributed by atoms with E-state index in [0.717, 1.165) is 41.2 Å². The highest BCUT2D eigenvalue weighted by Gasteiger charge is 2.24. The highest BCUT2D eigenvalue weighted by atomic mass is 32.2. The van der Waals surface area contributed by atoms with Gasteiger partial charge >= 0.3 is 0 Å². The van der Waals surface area contributed by atoms with Crippen molar-refractivity contribution in [2.75, 3.05) is 12.8 Å². The molecule has 0 aliphatic rings. The fourth-order valence-corrected chi connectivity index (χ4v) is 4.83. The van der Waals surface area contributed by atoms with E-state index >= 15 is 0 Å². The van der Waals surface area contributed by atoms with E-state index in [4.69, 9.17) is 4.74 Å². The van der Waals surface area contributed by atoms with Crippen molar-refractivity contribution in [1.29, 1.82) is 0 Å². The van der Waals surface area contributed by atoms with Crippen molar-refractivity contribution < 1.29 is 17.7 Å². The molecule has 32 heavy (non-hydrogen) atoms. The van der Waals surface area contributed by atoms with Crippen molar-refractivity contribution in [1.82, 2.24) is 5.32 Å². The van der Waals surface area contributed by atoms with Gasteiger partial charge in [-0.15, -0.1) is 0 Å². The van der Waals surface area contributed by atoms with Gasteiger partial charge in [0.2, 0.25) is 0 Å². The van der Waals surface area contributed by atoms with E-state index in [2.05, 4.69) is 30.4 Å². The Labute approximate surface area is 191 Å². The second kappa shape index (κ2) is 10.9. The first-order valence-electron chi connectivity index (χ1n) is 11.2. The maximum Gasteiger partial charge on any atom is 0.268 e. The van der Waals surface area contributed by atoms with Crippen molar-refractivity contribution >= 4 is 20.9 Å². The summed E-state index contributed by atoms with van der Waals surface area (Å²) in [6.45, 7) is 4.20. The standard InChI is InChI=1S/C26H33NO4S/c1-4-5-10-20-14-15-26(24-13-7-6-12-23(20)24)31-22(18-32(28,29)30)17-25(27-3)21-11-8-9-19(2)16-21/h6-9,11-16,22,25,27H,4-5,10,17-18H2,1-3H3,(H,28,29,30). The van der Waals surface area contributed by atoms with E-state index in [1.807, 2.05) is 56.4 Å². The first-order valence-corrected chi connectivity index (χ1v) is 12.8. The number of hydrogen-bond acceptors (Lipinski definition) is 4. The molecule has 0 radical (unpaired) electrons. The minimum Gasteiger partial charge on any atom is -0.489 e. The van der Waals surface area contributed by atoms with Gasteiger partial charge in [0.1, 0.15) is 17.6 Å².